The molecule has 2 aromatic carbocycles. The van der Waals surface area contributed by atoms with Crippen molar-refractivity contribution < 1.29 is 49.8 Å². The second kappa shape index (κ2) is 18.3. The number of pyridine rings is 1. The zero-order chi connectivity index (χ0) is 46.3. The molecule has 64 heavy (non-hydrogen) atoms. The third kappa shape index (κ3) is 9.83. The largest absolute Gasteiger partial charge is 0.496 e. The summed E-state index contributed by atoms with van der Waals surface area (Å²) in [6, 6.07) is 4.76. The molecule has 4 aromatic rings. The lowest BCUT2D eigenvalue weighted by Crippen LogP contribution is -2.58. The Morgan fingerprint density at radius 2 is 1.84 bits per heavy atom. The number of nitrogens with zero attached hydrogens (tertiary/aromatic N) is 4. The van der Waals surface area contributed by atoms with Crippen molar-refractivity contribution in [3.05, 3.63) is 76.6 Å². The van der Waals surface area contributed by atoms with E-state index in [1.54, 1.807) is 31.4 Å². The number of carbonyl (C=O) groups is 3. The number of nitrogens with one attached hydrogen (secondary N) is 3. The number of carbonyl (C=O) groups excluding carboxylic acids is 3. The van der Waals surface area contributed by atoms with Gasteiger partial charge in [-0.15, -0.1) is 11.3 Å². The number of methoxy groups -OCH3 is 1. The van der Waals surface area contributed by atoms with Crippen LogP contribution < -0.4 is 24.8 Å². The first kappa shape index (κ1) is 46.6. The van der Waals surface area contributed by atoms with Crippen LogP contribution in [0.4, 0.5) is 23.2 Å². The second-order valence-corrected chi connectivity index (χ2v) is 19.7. The van der Waals surface area contributed by atoms with Crippen molar-refractivity contribution in [2.24, 2.45) is 5.92 Å². The molecule has 4 heterocycles. The minimum absolute atomic E-state index is 0.0831. The average molecular weight is 930 g/mol. The fourth-order valence-electron chi connectivity index (χ4n) is 8.16. The molecular formula is C44H51F4N7O7S2. The maximum Gasteiger partial charge on any atom is 0.416 e. The van der Waals surface area contributed by atoms with Crippen LogP contribution in [0.1, 0.15) is 81.5 Å². The molecule has 1 saturated carbocycles. The number of ether oxygens (including phenoxy) is 2. The van der Waals surface area contributed by atoms with Crippen molar-refractivity contribution in [3.8, 4) is 22.2 Å². The number of anilines is 1. The Kier molecular flexibility index (Phi) is 13.3. The monoisotopic (exact) mass is 929 g/mol. The van der Waals surface area contributed by atoms with Crippen LogP contribution in [0.3, 0.4) is 0 Å². The molecule has 2 aromatic heterocycles. The maximum absolute atomic E-state index is 14.9. The van der Waals surface area contributed by atoms with Crippen LogP contribution in [0, 0.1) is 18.7 Å². The number of allylic oxidation sites excluding steroid dienone is 1. The quantitative estimate of drug-likeness (QED) is 0.110. The molecule has 2 fully saturated rings. The zero-order valence-corrected chi connectivity index (χ0v) is 37.8. The van der Waals surface area contributed by atoms with Crippen LogP contribution >= 0.6 is 11.3 Å². The number of alkyl halides is 3. The van der Waals surface area contributed by atoms with Gasteiger partial charge in [0.25, 0.3) is 5.91 Å². The predicted octanol–water partition coefficient (Wildman–Crippen LogP) is 7.10. The fourth-order valence-corrected chi connectivity index (χ4v) is 9.70. The normalized spacial score (nSPS) is 23.8. The second-order valence-electron chi connectivity index (χ2n) is 17.0. The molecular weight excluding hydrogens is 879 g/mol. The maximum atomic E-state index is 14.9. The van der Waals surface area contributed by atoms with Crippen molar-refractivity contribution in [2.45, 2.75) is 102 Å². The number of amides is 3. The van der Waals surface area contributed by atoms with Crippen LogP contribution in [-0.2, 0) is 30.8 Å². The van der Waals surface area contributed by atoms with Gasteiger partial charge in [-0.05, 0) is 68.9 Å². The molecule has 7 rings (SSSR count). The molecule has 3 amide bonds. The third-order valence-electron chi connectivity index (χ3n) is 11.9. The van der Waals surface area contributed by atoms with Gasteiger partial charge in [-0.2, -0.15) is 25.9 Å². The smallest absolute Gasteiger partial charge is 0.416 e. The van der Waals surface area contributed by atoms with Crippen molar-refractivity contribution in [1.82, 2.24) is 29.2 Å². The summed E-state index contributed by atoms with van der Waals surface area (Å²) >= 11 is 1.42. The standard InChI is InChI=1S/C44H51F4N7O7S2/c1-24(2)34-23-63-40(51-34)33-20-37(31-14-15-36(61-6)25(3)38(31)50-33)62-30-19-35-39(56)52-43(42(58)53-64(59,60)54(4)5)21-26(43)12-10-8-7-9-11-13-32(41(57)55(35)22-30)49-29-17-27(44(46,47)48)16-28(45)18-29/h10,12,14-18,20,23-24,26,30,32,35,49H,7-9,11,13,19,21-22H2,1-6H3,(H,52,56)(H,53,58)/b12-10-/t26-,30+,32-,35-,43+/m0/s1. The van der Waals surface area contributed by atoms with Gasteiger partial charge >= 0.3 is 16.4 Å². The Morgan fingerprint density at radius 3 is 2.53 bits per heavy atom. The van der Waals surface area contributed by atoms with Crippen LogP contribution in [0.2, 0.25) is 0 Å². The summed E-state index contributed by atoms with van der Waals surface area (Å²) in [6.45, 7) is 5.75. The summed E-state index contributed by atoms with van der Waals surface area (Å²) in [6.07, 6.45) is 0.278. The molecule has 1 aliphatic carbocycles. The van der Waals surface area contributed by atoms with Crippen molar-refractivity contribution in [3.63, 3.8) is 0 Å². The fraction of sp³-hybridized carbons (Fsp3) is 0.477. The summed E-state index contributed by atoms with van der Waals surface area (Å²) in [4.78, 5) is 54.4. The number of rotatable bonds is 10. The minimum Gasteiger partial charge on any atom is -0.496 e. The minimum atomic E-state index is -4.87. The molecule has 0 bridgehead atoms. The Morgan fingerprint density at radius 1 is 1.08 bits per heavy atom. The first-order valence-corrected chi connectivity index (χ1v) is 23.3. The molecule has 3 N–H and O–H groups in total. The summed E-state index contributed by atoms with van der Waals surface area (Å²) in [7, 11) is -0.216. The van der Waals surface area contributed by atoms with Gasteiger partial charge < -0.3 is 25.0 Å². The van der Waals surface area contributed by atoms with E-state index >= 15 is 0 Å². The Hall–Kier alpha value is -5.34. The van der Waals surface area contributed by atoms with Crippen molar-refractivity contribution in [2.75, 3.05) is 33.1 Å². The Labute approximate surface area is 373 Å². The summed E-state index contributed by atoms with van der Waals surface area (Å²) in [5.74, 6) is -2.99. The molecule has 2 aliphatic heterocycles. The van der Waals surface area contributed by atoms with E-state index in [9.17, 15) is 40.4 Å². The van der Waals surface area contributed by atoms with E-state index in [-0.39, 0.29) is 37.4 Å². The van der Waals surface area contributed by atoms with Gasteiger partial charge in [-0.1, -0.05) is 38.8 Å². The van der Waals surface area contributed by atoms with Crippen molar-refractivity contribution in [1.29, 1.82) is 0 Å². The molecule has 344 valence electrons. The Balaban J connectivity index is 1.28. The average Bonchev–Trinajstić information content (AvgIpc) is 3.51. The number of benzene rings is 2. The number of thiazole rings is 1. The van der Waals surface area contributed by atoms with E-state index < -0.39 is 75.1 Å². The molecule has 20 heteroatoms. The number of hydrogen-bond acceptors (Lipinski definition) is 11. The lowest BCUT2D eigenvalue weighted by atomic mass is 10.0. The van der Waals surface area contributed by atoms with E-state index in [2.05, 4.69) is 15.4 Å². The first-order chi connectivity index (χ1) is 30.2. The first-order valence-electron chi connectivity index (χ1n) is 21.0. The lowest BCUT2D eigenvalue weighted by molar-refractivity contribution is -0.140. The highest BCUT2D eigenvalue weighted by Gasteiger charge is 2.62. The van der Waals surface area contributed by atoms with E-state index in [0.29, 0.717) is 64.9 Å². The van der Waals surface area contributed by atoms with Gasteiger partial charge in [0.15, 0.2) is 0 Å². The number of aryl methyl sites for hydroxylation is 1. The molecule has 0 unspecified atom stereocenters. The summed E-state index contributed by atoms with van der Waals surface area (Å²) in [5.41, 5.74) is -0.494. The highest BCUT2D eigenvalue weighted by Crippen LogP contribution is 2.46. The van der Waals surface area contributed by atoms with E-state index in [1.165, 1.54) is 30.3 Å². The van der Waals surface area contributed by atoms with Gasteiger partial charge in [-0.25, -0.2) is 19.1 Å². The van der Waals surface area contributed by atoms with Crippen LogP contribution in [0.15, 0.2) is 53.9 Å². The Bertz CT molecular complexity index is 2590. The molecule has 3 aliphatic rings. The van der Waals surface area contributed by atoms with E-state index in [1.807, 2.05) is 32.2 Å². The number of hydrogen-bond donors (Lipinski definition) is 3. The van der Waals surface area contributed by atoms with Gasteiger partial charge in [0, 0.05) is 54.5 Å². The number of fused-ring (bicyclic) bond motifs is 3. The predicted molar refractivity (Wildman–Crippen MR) is 234 cm³/mol. The van der Waals surface area contributed by atoms with Gasteiger partial charge in [0.2, 0.25) is 11.8 Å². The van der Waals surface area contributed by atoms with E-state index in [0.717, 1.165) is 27.7 Å². The van der Waals surface area contributed by atoms with E-state index in [4.69, 9.17) is 19.4 Å². The van der Waals surface area contributed by atoms with Crippen LogP contribution in [0.5, 0.6) is 11.5 Å². The lowest BCUT2D eigenvalue weighted by Gasteiger charge is -2.30. The van der Waals surface area contributed by atoms with Gasteiger partial charge in [0.1, 0.15) is 51.7 Å². The summed E-state index contributed by atoms with van der Waals surface area (Å²) < 4.78 is 97.0. The highest BCUT2D eigenvalue weighted by molar-refractivity contribution is 7.87. The number of halogens is 4. The number of aromatic nitrogens is 2. The molecule has 0 spiro atoms. The molecule has 1 saturated heterocycles. The zero-order valence-electron chi connectivity index (χ0n) is 36.2. The van der Waals surface area contributed by atoms with Crippen LogP contribution in [-0.4, -0.2) is 96.8 Å². The van der Waals surface area contributed by atoms with Gasteiger partial charge in [0.05, 0.1) is 30.4 Å². The van der Waals surface area contributed by atoms with Gasteiger partial charge in [-0.3, -0.25) is 14.4 Å². The SMILES string of the molecule is COc1ccc2c(O[C@@H]3C[C@H]4C(=O)N[C@]5(C(=O)NS(=O)(=O)N(C)C)C[C@@H]5/C=C\CCCCC[C@H](Nc5cc(F)cc(C(F)(F)F)c5)C(=O)N4C3)cc(-c3nc(C(C)C)cs3)nc2c1C. The highest BCUT2D eigenvalue weighted by atomic mass is 32.2. The summed E-state index contributed by atoms with van der Waals surface area (Å²) in [5, 5.41) is 8.85. The molecule has 5 atom stereocenters. The topological polar surface area (TPSA) is 172 Å². The van der Waals surface area contributed by atoms with Crippen LogP contribution in [0.25, 0.3) is 21.6 Å². The molecule has 14 nitrogen and oxygen atoms in total. The molecule has 0 radical (unpaired) electrons. The van der Waals surface area contributed by atoms with Crippen molar-refractivity contribution >= 4 is 55.9 Å². The third-order valence-corrected chi connectivity index (χ3v) is 14.2.